The smallest absolute Gasteiger partial charge is 0.319 e. The van der Waals surface area contributed by atoms with Crippen LogP contribution in [0, 0.1) is 0 Å². The SMILES string of the molecule is CCOCc1ccccc1NC(=O)NCCN(CC)CC. The molecule has 21 heavy (non-hydrogen) atoms. The molecule has 118 valence electrons. The van der Waals surface area contributed by atoms with Gasteiger partial charge in [-0.1, -0.05) is 32.0 Å². The van der Waals surface area contributed by atoms with Crippen LogP contribution in [0.2, 0.25) is 0 Å². The summed E-state index contributed by atoms with van der Waals surface area (Å²) >= 11 is 0. The Hall–Kier alpha value is -1.59. The fourth-order valence-electron chi connectivity index (χ4n) is 2.01. The molecule has 0 unspecified atom stereocenters. The molecule has 0 spiro atoms. The Morgan fingerprint density at radius 3 is 2.57 bits per heavy atom. The fourth-order valence-corrected chi connectivity index (χ4v) is 2.01. The molecule has 0 saturated carbocycles. The molecule has 0 fully saturated rings. The average Bonchev–Trinajstić information content (AvgIpc) is 2.51. The summed E-state index contributed by atoms with van der Waals surface area (Å²) in [5.41, 5.74) is 1.78. The molecule has 0 heterocycles. The lowest BCUT2D eigenvalue weighted by atomic mass is 10.2. The van der Waals surface area contributed by atoms with Gasteiger partial charge in [-0.25, -0.2) is 4.79 Å². The van der Waals surface area contributed by atoms with Gasteiger partial charge in [0.15, 0.2) is 0 Å². The van der Waals surface area contributed by atoms with Gasteiger partial charge in [-0.15, -0.1) is 0 Å². The van der Waals surface area contributed by atoms with Crippen molar-refractivity contribution >= 4 is 11.7 Å². The first kappa shape index (κ1) is 17.5. The minimum absolute atomic E-state index is 0.175. The Morgan fingerprint density at radius 2 is 1.90 bits per heavy atom. The maximum atomic E-state index is 11.9. The third-order valence-corrected chi connectivity index (χ3v) is 3.34. The normalized spacial score (nSPS) is 10.7. The molecule has 5 nitrogen and oxygen atoms in total. The third kappa shape index (κ3) is 6.60. The Balaban J connectivity index is 2.43. The molecule has 0 aliphatic rings. The second-order valence-corrected chi connectivity index (χ2v) is 4.70. The van der Waals surface area contributed by atoms with Gasteiger partial charge in [0.2, 0.25) is 0 Å². The summed E-state index contributed by atoms with van der Waals surface area (Å²) in [6.45, 7) is 10.9. The molecule has 2 N–H and O–H groups in total. The van der Waals surface area contributed by atoms with Crippen LogP contribution in [0.1, 0.15) is 26.3 Å². The maximum Gasteiger partial charge on any atom is 0.319 e. The van der Waals surface area contributed by atoms with Crippen molar-refractivity contribution in [2.24, 2.45) is 0 Å². The number of benzene rings is 1. The van der Waals surface area contributed by atoms with Gasteiger partial charge in [0.05, 0.1) is 6.61 Å². The highest BCUT2D eigenvalue weighted by Gasteiger charge is 2.06. The molecule has 2 amide bonds. The summed E-state index contributed by atoms with van der Waals surface area (Å²) in [6.07, 6.45) is 0. The van der Waals surface area contributed by atoms with E-state index in [0.29, 0.717) is 19.8 Å². The first-order chi connectivity index (χ1) is 10.2. The lowest BCUT2D eigenvalue weighted by Gasteiger charge is -2.18. The largest absolute Gasteiger partial charge is 0.377 e. The van der Waals surface area contributed by atoms with Gasteiger partial charge in [0.25, 0.3) is 0 Å². The minimum Gasteiger partial charge on any atom is -0.377 e. The van der Waals surface area contributed by atoms with E-state index in [-0.39, 0.29) is 6.03 Å². The number of nitrogens with zero attached hydrogens (tertiary/aromatic N) is 1. The van der Waals surface area contributed by atoms with Crippen LogP contribution in [-0.2, 0) is 11.3 Å². The number of rotatable bonds is 9. The van der Waals surface area contributed by atoms with E-state index in [2.05, 4.69) is 29.4 Å². The molecule has 0 aliphatic heterocycles. The highest BCUT2D eigenvalue weighted by atomic mass is 16.5. The number of ether oxygens (including phenoxy) is 1. The number of amides is 2. The first-order valence-corrected chi connectivity index (χ1v) is 7.64. The fraction of sp³-hybridized carbons (Fsp3) is 0.562. The van der Waals surface area contributed by atoms with Gasteiger partial charge in [-0.3, -0.25) is 0 Å². The van der Waals surface area contributed by atoms with Crippen molar-refractivity contribution in [2.45, 2.75) is 27.4 Å². The van der Waals surface area contributed by atoms with Crippen LogP contribution in [0.15, 0.2) is 24.3 Å². The van der Waals surface area contributed by atoms with Gasteiger partial charge < -0.3 is 20.3 Å². The van der Waals surface area contributed by atoms with E-state index >= 15 is 0 Å². The zero-order valence-corrected chi connectivity index (χ0v) is 13.3. The number of carbonyl (C=O) groups is 1. The molecule has 0 atom stereocenters. The van der Waals surface area contributed by atoms with Crippen LogP contribution in [-0.4, -0.2) is 43.7 Å². The number of hydrogen-bond donors (Lipinski definition) is 2. The van der Waals surface area contributed by atoms with Crippen LogP contribution in [0.5, 0.6) is 0 Å². The molecule has 5 heteroatoms. The highest BCUT2D eigenvalue weighted by molar-refractivity contribution is 5.90. The van der Waals surface area contributed by atoms with Crippen molar-refractivity contribution in [1.29, 1.82) is 0 Å². The monoisotopic (exact) mass is 293 g/mol. The second-order valence-electron chi connectivity index (χ2n) is 4.70. The van der Waals surface area contributed by atoms with E-state index < -0.39 is 0 Å². The van der Waals surface area contributed by atoms with Crippen molar-refractivity contribution in [1.82, 2.24) is 10.2 Å². The van der Waals surface area contributed by atoms with E-state index in [1.165, 1.54) is 0 Å². The van der Waals surface area contributed by atoms with E-state index in [9.17, 15) is 4.79 Å². The second kappa shape index (κ2) is 10.2. The van der Waals surface area contributed by atoms with E-state index in [4.69, 9.17) is 4.74 Å². The first-order valence-electron chi connectivity index (χ1n) is 7.64. The molecule has 0 saturated heterocycles. The number of likely N-dealkylation sites (N-methyl/N-ethyl adjacent to an activating group) is 1. The number of anilines is 1. The Morgan fingerprint density at radius 1 is 1.19 bits per heavy atom. The predicted octanol–water partition coefficient (Wildman–Crippen LogP) is 2.69. The lowest BCUT2D eigenvalue weighted by molar-refractivity contribution is 0.134. The van der Waals surface area contributed by atoms with Gasteiger partial charge in [-0.05, 0) is 26.1 Å². The lowest BCUT2D eigenvalue weighted by Crippen LogP contribution is -2.37. The summed E-state index contributed by atoms with van der Waals surface area (Å²) in [7, 11) is 0. The van der Waals surface area contributed by atoms with Gasteiger partial charge in [0.1, 0.15) is 0 Å². The summed E-state index contributed by atoms with van der Waals surface area (Å²) in [4.78, 5) is 14.2. The molecule has 0 aromatic heterocycles. The van der Waals surface area contributed by atoms with Gasteiger partial charge in [0, 0.05) is 30.9 Å². The summed E-state index contributed by atoms with van der Waals surface area (Å²) in [6, 6.07) is 7.52. The van der Waals surface area contributed by atoms with Crippen molar-refractivity contribution in [3.8, 4) is 0 Å². The Bertz CT molecular complexity index is 420. The van der Waals surface area contributed by atoms with Crippen LogP contribution in [0.3, 0.4) is 0 Å². The minimum atomic E-state index is -0.175. The average molecular weight is 293 g/mol. The number of carbonyl (C=O) groups excluding carboxylic acids is 1. The predicted molar refractivity (Wildman–Crippen MR) is 86.6 cm³/mol. The van der Waals surface area contributed by atoms with E-state index in [0.717, 1.165) is 30.9 Å². The molecule has 0 aliphatic carbocycles. The number of hydrogen-bond acceptors (Lipinski definition) is 3. The Kier molecular flexibility index (Phi) is 8.47. The number of nitrogens with one attached hydrogen (secondary N) is 2. The molecular weight excluding hydrogens is 266 g/mol. The third-order valence-electron chi connectivity index (χ3n) is 3.34. The van der Waals surface area contributed by atoms with Crippen molar-refractivity contribution in [2.75, 3.05) is 38.1 Å². The number of para-hydroxylation sites is 1. The van der Waals surface area contributed by atoms with Crippen molar-refractivity contribution in [3.63, 3.8) is 0 Å². The zero-order valence-electron chi connectivity index (χ0n) is 13.3. The van der Waals surface area contributed by atoms with Crippen molar-refractivity contribution in [3.05, 3.63) is 29.8 Å². The van der Waals surface area contributed by atoms with Crippen LogP contribution >= 0.6 is 0 Å². The maximum absolute atomic E-state index is 11.9. The molecule has 0 radical (unpaired) electrons. The van der Waals surface area contributed by atoms with Crippen molar-refractivity contribution < 1.29 is 9.53 Å². The van der Waals surface area contributed by atoms with Gasteiger partial charge in [-0.2, -0.15) is 0 Å². The topological polar surface area (TPSA) is 53.6 Å². The molecule has 1 rings (SSSR count). The molecular formula is C16H27N3O2. The molecule has 0 bridgehead atoms. The van der Waals surface area contributed by atoms with Crippen LogP contribution in [0.25, 0.3) is 0 Å². The zero-order chi connectivity index (χ0) is 15.5. The molecule has 1 aromatic carbocycles. The van der Waals surface area contributed by atoms with E-state index in [1.54, 1.807) is 0 Å². The summed E-state index contributed by atoms with van der Waals surface area (Å²) in [5.74, 6) is 0. The van der Waals surface area contributed by atoms with Crippen LogP contribution in [0.4, 0.5) is 10.5 Å². The number of urea groups is 1. The standard InChI is InChI=1S/C16H27N3O2/c1-4-19(5-2)12-11-17-16(20)18-15-10-8-7-9-14(15)13-21-6-3/h7-10H,4-6,11-13H2,1-3H3,(H2,17,18,20). The van der Waals surface area contributed by atoms with Crippen LogP contribution < -0.4 is 10.6 Å². The molecule has 1 aromatic rings. The highest BCUT2D eigenvalue weighted by Crippen LogP contribution is 2.15. The van der Waals surface area contributed by atoms with Gasteiger partial charge >= 0.3 is 6.03 Å². The quantitative estimate of drug-likeness (QED) is 0.736. The summed E-state index contributed by atoms with van der Waals surface area (Å²) in [5, 5.41) is 5.76. The van der Waals surface area contributed by atoms with E-state index in [1.807, 2.05) is 31.2 Å². The Labute approximate surface area is 127 Å². The summed E-state index contributed by atoms with van der Waals surface area (Å²) < 4.78 is 5.41.